The lowest BCUT2D eigenvalue weighted by molar-refractivity contribution is -0.134. The number of aryl methyl sites for hydroxylation is 1. The molecule has 0 aliphatic rings. The van der Waals surface area contributed by atoms with Crippen molar-refractivity contribution in [2.24, 2.45) is 0 Å². The van der Waals surface area contributed by atoms with Gasteiger partial charge in [-0.25, -0.2) is 0 Å². The standard InChI is InChI=1S/C15H24O4/c1-11(2)4-6-13(16)15(3,18)14(17)7-5-12-8-9-19-10-12/h4,8-10,13-14,16-18H,5-7H2,1-3H3/t13-,14-,15+/m0/s1. The Labute approximate surface area is 114 Å². The van der Waals surface area contributed by atoms with Crippen LogP contribution in [0.5, 0.6) is 0 Å². The zero-order valence-electron chi connectivity index (χ0n) is 11.8. The molecule has 3 N–H and O–H groups in total. The lowest BCUT2D eigenvalue weighted by Gasteiger charge is -2.33. The maximum Gasteiger partial charge on any atom is 0.114 e. The van der Waals surface area contributed by atoms with Crippen LogP contribution in [-0.2, 0) is 6.42 Å². The fraction of sp³-hybridized carbons (Fsp3) is 0.600. The first-order valence-corrected chi connectivity index (χ1v) is 6.57. The fourth-order valence-corrected chi connectivity index (χ4v) is 1.84. The van der Waals surface area contributed by atoms with Gasteiger partial charge in [-0.2, -0.15) is 0 Å². The van der Waals surface area contributed by atoms with Crippen molar-refractivity contribution in [1.82, 2.24) is 0 Å². The van der Waals surface area contributed by atoms with Crippen LogP contribution < -0.4 is 0 Å². The summed E-state index contributed by atoms with van der Waals surface area (Å²) >= 11 is 0. The van der Waals surface area contributed by atoms with Crippen molar-refractivity contribution in [3.63, 3.8) is 0 Å². The second kappa shape index (κ2) is 6.89. The molecule has 0 amide bonds. The maximum atomic E-state index is 10.2. The molecule has 1 rings (SSSR count). The molecule has 0 unspecified atom stereocenters. The van der Waals surface area contributed by atoms with Crippen LogP contribution in [0.15, 0.2) is 34.7 Å². The normalized spacial score (nSPS) is 17.6. The maximum absolute atomic E-state index is 10.2. The van der Waals surface area contributed by atoms with Gasteiger partial charge in [-0.15, -0.1) is 0 Å². The molecule has 1 heterocycles. The minimum Gasteiger partial charge on any atom is -0.472 e. The minimum absolute atomic E-state index is 0.331. The van der Waals surface area contributed by atoms with Gasteiger partial charge in [-0.05, 0) is 51.7 Å². The Kier molecular flexibility index (Phi) is 5.79. The number of furan rings is 1. The number of rotatable bonds is 7. The van der Waals surface area contributed by atoms with E-state index < -0.39 is 17.8 Å². The quantitative estimate of drug-likeness (QED) is 0.662. The van der Waals surface area contributed by atoms with Gasteiger partial charge in [-0.3, -0.25) is 0 Å². The van der Waals surface area contributed by atoms with Gasteiger partial charge in [-0.1, -0.05) is 11.6 Å². The SMILES string of the molecule is CC(C)=CC[C@H](O)[C@@](C)(O)[C@@H](O)CCc1ccoc1. The van der Waals surface area contributed by atoms with Gasteiger partial charge in [0.05, 0.1) is 24.7 Å². The van der Waals surface area contributed by atoms with Gasteiger partial charge in [0.25, 0.3) is 0 Å². The first-order valence-electron chi connectivity index (χ1n) is 6.57. The summed E-state index contributed by atoms with van der Waals surface area (Å²) in [7, 11) is 0. The van der Waals surface area contributed by atoms with Crippen LogP contribution in [-0.4, -0.2) is 33.1 Å². The molecule has 1 aromatic rings. The summed E-state index contributed by atoms with van der Waals surface area (Å²) in [6, 6.07) is 1.82. The van der Waals surface area contributed by atoms with E-state index >= 15 is 0 Å². The summed E-state index contributed by atoms with van der Waals surface area (Å²) in [5.41, 5.74) is 0.520. The lowest BCUT2D eigenvalue weighted by Crippen LogP contribution is -2.49. The Balaban J connectivity index is 2.52. The molecule has 4 nitrogen and oxygen atoms in total. The Morgan fingerprint density at radius 2 is 2.05 bits per heavy atom. The van der Waals surface area contributed by atoms with Crippen molar-refractivity contribution in [3.05, 3.63) is 35.8 Å². The van der Waals surface area contributed by atoms with E-state index in [0.29, 0.717) is 19.3 Å². The predicted octanol–water partition coefficient (Wildman–Crippen LogP) is 2.04. The smallest absolute Gasteiger partial charge is 0.114 e. The molecule has 0 spiro atoms. The molecule has 0 aliphatic heterocycles. The molecule has 108 valence electrons. The molecule has 19 heavy (non-hydrogen) atoms. The van der Waals surface area contributed by atoms with Gasteiger partial charge in [0.2, 0.25) is 0 Å². The molecule has 0 fully saturated rings. The van der Waals surface area contributed by atoms with Gasteiger partial charge in [0.1, 0.15) is 5.60 Å². The first-order chi connectivity index (χ1) is 8.84. The second-order valence-electron chi connectivity index (χ2n) is 5.44. The molecular weight excluding hydrogens is 244 g/mol. The van der Waals surface area contributed by atoms with Gasteiger partial charge >= 0.3 is 0 Å². The average molecular weight is 268 g/mol. The van der Waals surface area contributed by atoms with Crippen molar-refractivity contribution in [3.8, 4) is 0 Å². The van der Waals surface area contributed by atoms with Crippen LogP contribution in [0.25, 0.3) is 0 Å². The first kappa shape index (κ1) is 16.0. The third-order valence-corrected chi connectivity index (χ3v) is 3.39. The van der Waals surface area contributed by atoms with E-state index in [1.54, 1.807) is 12.5 Å². The summed E-state index contributed by atoms with van der Waals surface area (Å²) in [5, 5.41) is 30.3. The Morgan fingerprint density at radius 1 is 1.37 bits per heavy atom. The third-order valence-electron chi connectivity index (χ3n) is 3.39. The Bertz CT molecular complexity index is 388. The molecule has 3 atom stereocenters. The molecular formula is C15H24O4. The molecule has 0 bridgehead atoms. The number of aliphatic hydroxyl groups excluding tert-OH is 2. The average Bonchev–Trinajstić information content (AvgIpc) is 2.85. The van der Waals surface area contributed by atoms with Crippen molar-refractivity contribution in [1.29, 1.82) is 0 Å². The van der Waals surface area contributed by atoms with Crippen LogP contribution in [0.1, 0.15) is 39.2 Å². The molecule has 0 aliphatic carbocycles. The summed E-state index contributed by atoms with van der Waals surface area (Å²) in [5.74, 6) is 0. The number of aliphatic hydroxyl groups is 3. The fourth-order valence-electron chi connectivity index (χ4n) is 1.84. The summed E-state index contributed by atoms with van der Waals surface area (Å²) in [4.78, 5) is 0. The monoisotopic (exact) mass is 268 g/mol. The van der Waals surface area contributed by atoms with Crippen LogP contribution >= 0.6 is 0 Å². The van der Waals surface area contributed by atoms with Gasteiger partial charge < -0.3 is 19.7 Å². The van der Waals surface area contributed by atoms with Crippen LogP contribution in [0, 0.1) is 0 Å². The van der Waals surface area contributed by atoms with E-state index in [1.807, 2.05) is 26.0 Å². The summed E-state index contributed by atoms with van der Waals surface area (Å²) in [6.07, 6.45) is 4.37. The largest absolute Gasteiger partial charge is 0.472 e. The highest BCUT2D eigenvalue weighted by atomic mass is 16.4. The summed E-state index contributed by atoms with van der Waals surface area (Å²) < 4.78 is 4.94. The number of allylic oxidation sites excluding steroid dienone is 1. The van der Waals surface area contributed by atoms with Crippen molar-refractivity contribution >= 4 is 0 Å². The van der Waals surface area contributed by atoms with Crippen molar-refractivity contribution in [2.45, 2.75) is 57.8 Å². The molecule has 1 aromatic heterocycles. The van der Waals surface area contributed by atoms with E-state index in [9.17, 15) is 15.3 Å². The topological polar surface area (TPSA) is 73.8 Å². The van der Waals surface area contributed by atoms with E-state index in [4.69, 9.17) is 4.42 Å². The van der Waals surface area contributed by atoms with Crippen LogP contribution in [0.3, 0.4) is 0 Å². The zero-order valence-corrected chi connectivity index (χ0v) is 11.8. The Hall–Kier alpha value is -1.10. The Morgan fingerprint density at radius 3 is 2.58 bits per heavy atom. The van der Waals surface area contributed by atoms with Crippen molar-refractivity contribution < 1.29 is 19.7 Å². The second-order valence-corrected chi connectivity index (χ2v) is 5.44. The molecule has 0 radical (unpaired) electrons. The van der Waals surface area contributed by atoms with Crippen LogP contribution in [0.4, 0.5) is 0 Å². The number of hydrogen-bond acceptors (Lipinski definition) is 4. The molecule has 0 saturated heterocycles. The van der Waals surface area contributed by atoms with Gasteiger partial charge in [0, 0.05) is 0 Å². The van der Waals surface area contributed by atoms with E-state index in [2.05, 4.69) is 0 Å². The van der Waals surface area contributed by atoms with Crippen molar-refractivity contribution in [2.75, 3.05) is 0 Å². The van der Waals surface area contributed by atoms with E-state index in [-0.39, 0.29) is 0 Å². The van der Waals surface area contributed by atoms with E-state index in [0.717, 1.165) is 11.1 Å². The highest BCUT2D eigenvalue weighted by molar-refractivity contribution is 5.06. The predicted molar refractivity (Wildman–Crippen MR) is 73.7 cm³/mol. The molecule has 0 aromatic carbocycles. The molecule has 0 saturated carbocycles. The lowest BCUT2D eigenvalue weighted by atomic mass is 9.87. The van der Waals surface area contributed by atoms with E-state index in [1.165, 1.54) is 6.92 Å². The van der Waals surface area contributed by atoms with Gasteiger partial charge in [0.15, 0.2) is 0 Å². The number of hydrogen-bond donors (Lipinski definition) is 3. The third kappa shape index (κ3) is 4.82. The minimum atomic E-state index is -1.52. The zero-order chi connectivity index (χ0) is 14.5. The summed E-state index contributed by atoms with van der Waals surface area (Å²) in [6.45, 7) is 5.32. The highest BCUT2D eigenvalue weighted by Gasteiger charge is 2.37. The molecule has 4 heteroatoms. The highest BCUT2D eigenvalue weighted by Crippen LogP contribution is 2.22. The van der Waals surface area contributed by atoms with Crippen LogP contribution in [0.2, 0.25) is 0 Å².